The van der Waals surface area contributed by atoms with Crippen LogP contribution in [-0.4, -0.2) is 22.9 Å². The molecule has 2 unspecified atom stereocenters. The van der Waals surface area contributed by atoms with Crippen LogP contribution in [-0.2, 0) is 11.3 Å². The first-order chi connectivity index (χ1) is 10.6. The molecule has 1 saturated heterocycles. The van der Waals surface area contributed by atoms with Gasteiger partial charge in [0.15, 0.2) is 18.2 Å². The minimum absolute atomic E-state index is 0.0738. The molecule has 2 aromatic rings. The standard InChI is InChI=1S/C16H19FN2O3/c1-10(2)15-11(7-8-20-15)16-18-14(19-22-16)9-21-13-6-4-3-5-12(13)17/h3-6,10-11,15H,7-9H2,1-2H3. The maximum Gasteiger partial charge on any atom is 0.232 e. The van der Waals surface area contributed by atoms with Crippen LogP contribution in [0.15, 0.2) is 28.8 Å². The summed E-state index contributed by atoms with van der Waals surface area (Å²) in [5, 5.41) is 3.91. The van der Waals surface area contributed by atoms with Crippen molar-refractivity contribution < 1.29 is 18.4 Å². The Balaban J connectivity index is 1.65. The van der Waals surface area contributed by atoms with Gasteiger partial charge < -0.3 is 14.0 Å². The minimum Gasteiger partial charge on any atom is -0.482 e. The Morgan fingerprint density at radius 1 is 1.36 bits per heavy atom. The molecule has 1 aliphatic heterocycles. The van der Waals surface area contributed by atoms with E-state index in [4.69, 9.17) is 14.0 Å². The lowest BCUT2D eigenvalue weighted by Gasteiger charge is -2.18. The number of ether oxygens (including phenoxy) is 2. The first-order valence-electron chi connectivity index (χ1n) is 7.46. The molecule has 2 heterocycles. The van der Waals surface area contributed by atoms with Gasteiger partial charge in [0.05, 0.1) is 12.0 Å². The Kier molecular flexibility index (Phi) is 4.38. The maximum atomic E-state index is 13.5. The molecular formula is C16H19FN2O3. The summed E-state index contributed by atoms with van der Waals surface area (Å²) in [5.74, 6) is 1.26. The van der Waals surface area contributed by atoms with Gasteiger partial charge in [-0.25, -0.2) is 4.39 Å². The van der Waals surface area contributed by atoms with Crippen molar-refractivity contribution >= 4 is 0 Å². The molecule has 1 fully saturated rings. The van der Waals surface area contributed by atoms with Crippen molar-refractivity contribution in [3.05, 3.63) is 41.8 Å². The van der Waals surface area contributed by atoms with Crippen molar-refractivity contribution in [2.24, 2.45) is 5.92 Å². The molecule has 0 radical (unpaired) electrons. The molecule has 6 heteroatoms. The largest absolute Gasteiger partial charge is 0.482 e. The second-order valence-corrected chi connectivity index (χ2v) is 5.74. The van der Waals surface area contributed by atoms with Gasteiger partial charge in [-0.2, -0.15) is 4.98 Å². The molecule has 118 valence electrons. The van der Waals surface area contributed by atoms with Crippen molar-refractivity contribution in [1.82, 2.24) is 10.1 Å². The second-order valence-electron chi connectivity index (χ2n) is 5.74. The molecular weight excluding hydrogens is 287 g/mol. The summed E-state index contributed by atoms with van der Waals surface area (Å²) in [6.45, 7) is 5.00. The number of aromatic nitrogens is 2. The fraction of sp³-hybridized carbons (Fsp3) is 0.500. The van der Waals surface area contributed by atoms with E-state index in [1.165, 1.54) is 6.07 Å². The lowest BCUT2D eigenvalue weighted by atomic mass is 9.93. The third kappa shape index (κ3) is 3.11. The normalized spacial score (nSPS) is 21.5. The number of rotatable bonds is 5. The van der Waals surface area contributed by atoms with E-state index in [0.717, 1.165) is 6.42 Å². The average Bonchev–Trinajstić information content (AvgIpc) is 3.15. The summed E-state index contributed by atoms with van der Waals surface area (Å²) < 4.78 is 29.9. The Labute approximate surface area is 128 Å². The van der Waals surface area contributed by atoms with Gasteiger partial charge in [-0.15, -0.1) is 0 Å². The van der Waals surface area contributed by atoms with Gasteiger partial charge in [0.25, 0.3) is 0 Å². The smallest absolute Gasteiger partial charge is 0.232 e. The van der Waals surface area contributed by atoms with Crippen molar-refractivity contribution in [2.45, 2.75) is 38.9 Å². The molecule has 0 saturated carbocycles. The van der Waals surface area contributed by atoms with Gasteiger partial charge in [0.1, 0.15) is 0 Å². The first kappa shape index (κ1) is 15.0. The molecule has 0 spiro atoms. The fourth-order valence-electron chi connectivity index (χ4n) is 2.71. The van der Waals surface area contributed by atoms with Gasteiger partial charge in [-0.05, 0) is 24.5 Å². The number of benzene rings is 1. The maximum absolute atomic E-state index is 13.5. The molecule has 0 N–H and O–H groups in total. The molecule has 22 heavy (non-hydrogen) atoms. The van der Waals surface area contributed by atoms with Crippen LogP contribution in [0.3, 0.4) is 0 Å². The first-order valence-corrected chi connectivity index (χ1v) is 7.46. The van der Waals surface area contributed by atoms with Crippen LogP contribution in [0.1, 0.15) is 37.9 Å². The Morgan fingerprint density at radius 2 is 2.18 bits per heavy atom. The molecule has 1 aliphatic rings. The number of hydrogen-bond donors (Lipinski definition) is 0. The van der Waals surface area contributed by atoms with Crippen LogP contribution >= 0.6 is 0 Å². The van der Waals surface area contributed by atoms with E-state index < -0.39 is 5.82 Å². The van der Waals surface area contributed by atoms with Crippen LogP contribution in [0.4, 0.5) is 4.39 Å². The van der Waals surface area contributed by atoms with Crippen molar-refractivity contribution in [1.29, 1.82) is 0 Å². The van der Waals surface area contributed by atoms with Crippen LogP contribution in [0.25, 0.3) is 0 Å². The second kappa shape index (κ2) is 6.44. The molecule has 3 rings (SSSR count). The topological polar surface area (TPSA) is 57.4 Å². The van der Waals surface area contributed by atoms with Crippen LogP contribution in [0.2, 0.25) is 0 Å². The minimum atomic E-state index is -0.407. The highest BCUT2D eigenvalue weighted by Crippen LogP contribution is 2.34. The molecule has 5 nitrogen and oxygen atoms in total. The van der Waals surface area contributed by atoms with E-state index in [1.807, 2.05) is 0 Å². The average molecular weight is 306 g/mol. The van der Waals surface area contributed by atoms with Crippen LogP contribution < -0.4 is 4.74 Å². The number of nitrogens with zero attached hydrogens (tertiary/aromatic N) is 2. The van der Waals surface area contributed by atoms with E-state index in [2.05, 4.69) is 24.0 Å². The van der Waals surface area contributed by atoms with Gasteiger partial charge in [0.2, 0.25) is 11.7 Å². The lowest BCUT2D eigenvalue weighted by Crippen LogP contribution is -2.21. The van der Waals surface area contributed by atoms with E-state index in [-0.39, 0.29) is 24.4 Å². The van der Waals surface area contributed by atoms with Gasteiger partial charge in [0, 0.05) is 6.61 Å². The summed E-state index contributed by atoms with van der Waals surface area (Å²) >= 11 is 0. The van der Waals surface area contributed by atoms with E-state index in [1.54, 1.807) is 18.2 Å². The van der Waals surface area contributed by atoms with Gasteiger partial charge >= 0.3 is 0 Å². The Morgan fingerprint density at radius 3 is 2.95 bits per heavy atom. The number of para-hydroxylation sites is 1. The molecule has 0 amide bonds. The number of halogens is 1. The van der Waals surface area contributed by atoms with E-state index in [9.17, 15) is 4.39 Å². The Hall–Kier alpha value is -1.95. The SMILES string of the molecule is CC(C)C1OCCC1c1nc(COc2ccccc2F)no1. The molecule has 1 aromatic carbocycles. The molecule has 2 atom stereocenters. The van der Waals surface area contributed by atoms with Crippen molar-refractivity contribution in [3.63, 3.8) is 0 Å². The third-order valence-electron chi connectivity index (χ3n) is 3.79. The van der Waals surface area contributed by atoms with Crippen molar-refractivity contribution in [3.8, 4) is 5.75 Å². The highest BCUT2D eigenvalue weighted by atomic mass is 19.1. The third-order valence-corrected chi connectivity index (χ3v) is 3.79. The van der Waals surface area contributed by atoms with Gasteiger partial charge in [-0.1, -0.05) is 31.1 Å². The van der Waals surface area contributed by atoms with Crippen LogP contribution in [0.5, 0.6) is 5.75 Å². The predicted molar refractivity (Wildman–Crippen MR) is 77.0 cm³/mol. The van der Waals surface area contributed by atoms with Crippen molar-refractivity contribution in [2.75, 3.05) is 6.61 Å². The molecule has 1 aromatic heterocycles. The highest BCUT2D eigenvalue weighted by Gasteiger charge is 2.35. The molecule has 0 bridgehead atoms. The van der Waals surface area contributed by atoms with Gasteiger partial charge in [-0.3, -0.25) is 0 Å². The summed E-state index contributed by atoms with van der Waals surface area (Å²) in [4.78, 5) is 4.36. The summed E-state index contributed by atoms with van der Waals surface area (Å²) in [6, 6.07) is 6.24. The zero-order valence-corrected chi connectivity index (χ0v) is 12.7. The Bertz CT molecular complexity index is 629. The highest BCUT2D eigenvalue weighted by molar-refractivity contribution is 5.23. The lowest BCUT2D eigenvalue weighted by molar-refractivity contribution is 0.0627. The van der Waals surface area contributed by atoms with E-state index >= 15 is 0 Å². The number of hydrogen-bond acceptors (Lipinski definition) is 5. The monoisotopic (exact) mass is 306 g/mol. The predicted octanol–water partition coefficient (Wildman–Crippen LogP) is 3.32. The summed E-state index contributed by atoms with van der Waals surface area (Å²) in [5.41, 5.74) is 0. The quantitative estimate of drug-likeness (QED) is 0.848. The van der Waals surface area contributed by atoms with E-state index in [0.29, 0.717) is 24.2 Å². The summed E-state index contributed by atoms with van der Waals surface area (Å²) in [6.07, 6.45) is 0.972. The zero-order valence-electron chi connectivity index (χ0n) is 12.7. The molecule has 0 aliphatic carbocycles. The summed E-state index contributed by atoms with van der Waals surface area (Å²) in [7, 11) is 0. The fourth-order valence-corrected chi connectivity index (χ4v) is 2.71. The van der Waals surface area contributed by atoms with Crippen LogP contribution in [0, 0.1) is 11.7 Å². The zero-order chi connectivity index (χ0) is 15.5.